The van der Waals surface area contributed by atoms with Crippen LogP contribution in [0.2, 0.25) is 0 Å². The SMILES string of the molecule is N#Cc1nc(OC(F)(F)F)cc(N)c1F. The molecule has 0 aromatic carbocycles. The van der Waals surface area contributed by atoms with Crippen molar-refractivity contribution in [3.63, 3.8) is 0 Å². The molecule has 0 atom stereocenters. The summed E-state index contributed by atoms with van der Waals surface area (Å²) in [7, 11) is 0. The van der Waals surface area contributed by atoms with Gasteiger partial charge in [-0.2, -0.15) is 10.2 Å². The Hall–Kier alpha value is -2.04. The summed E-state index contributed by atoms with van der Waals surface area (Å²) in [6, 6.07) is 1.79. The van der Waals surface area contributed by atoms with Gasteiger partial charge in [0, 0.05) is 6.07 Å². The van der Waals surface area contributed by atoms with E-state index in [-0.39, 0.29) is 0 Å². The summed E-state index contributed by atoms with van der Waals surface area (Å²) >= 11 is 0. The number of ether oxygens (including phenoxy) is 1. The van der Waals surface area contributed by atoms with Crippen LogP contribution in [0.5, 0.6) is 5.88 Å². The number of hydrogen-bond acceptors (Lipinski definition) is 4. The third kappa shape index (κ3) is 2.70. The summed E-state index contributed by atoms with van der Waals surface area (Å²) in [4.78, 5) is 2.98. The van der Waals surface area contributed by atoms with E-state index in [4.69, 9.17) is 11.0 Å². The van der Waals surface area contributed by atoms with E-state index in [0.29, 0.717) is 6.07 Å². The maximum Gasteiger partial charge on any atom is 0.574 e. The van der Waals surface area contributed by atoms with Gasteiger partial charge in [-0.25, -0.2) is 4.39 Å². The molecule has 1 aromatic rings. The van der Waals surface area contributed by atoms with Gasteiger partial charge in [0.2, 0.25) is 5.88 Å². The monoisotopic (exact) mass is 221 g/mol. The zero-order valence-electron chi connectivity index (χ0n) is 6.97. The number of nitrogen functional groups attached to an aromatic ring is 1. The van der Waals surface area contributed by atoms with Crippen molar-refractivity contribution in [1.82, 2.24) is 4.98 Å². The normalized spacial score (nSPS) is 10.9. The first-order valence-electron chi connectivity index (χ1n) is 3.45. The second-order valence-corrected chi connectivity index (χ2v) is 2.37. The molecule has 2 N–H and O–H groups in total. The molecule has 15 heavy (non-hydrogen) atoms. The number of pyridine rings is 1. The Labute approximate surface area is 80.9 Å². The molecule has 1 heterocycles. The third-order valence-corrected chi connectivity index (χ3v) is 1.29. The standard InChI is InChI=1S/C7H3F4N3O/c8-6-3(13)1-5(14-4(6)2-12)15-7(9,10)11/h1H,(H2,13,14). The molecule has 0 amide bonds. The number of halogens is 4. The van der Waals surface area contributed by atoms with Crippen molar-refractivity contribution in [3.05, 3.63) is 17.6 Å². The smallest absolute Gasteiger partial charge is 0.396 e. The van der Waals surface area contributed by atoms with Crippen LogP contribution in [-0.2, 0) is 0 Å². The first-order chi connectivity index (χ1) is 6.83. The van der Waals surface area contributed by atoms with E-state index in [1.54, 1.807) is 0 Å². The zero-order valence-corrected chi connectivity index (χ0v) is 6.97. The van der Waals surface area contributed by atoms with Gasteiger partial charge in [-0.15, -0.1) is 13.2 Å². The number of nitrogens with zero attached hydrogens (tertiary/aromatic N) is 2. The van der Waals surface area contributed by atoms with Gasteiger partial charge in [-0.05, 0) is 0 Å². The van der Waals surface area contributed by atoms with Crippen molar-refractivity contribution >= 4 is 5.69 Å². The van der Waals surface area contributed by atoms with Crippen LogP contribution < -0.4 is 10.5 Å². The van der Waals surface area contributed by atoms with Gasteiger partial charge >= 0.3 is 6.36 Å². The van der Waals surface area contributed by atoms with Crippen LogP contribution >= 0.6 is 0 Å². The van der Waals surface area contributed by atoms with Gasteiger partial charge in [0.1, 0.15) is 6.07 Å². The number of anilines is 1. The minimum absolute atomic E-state index is 0.545. The van der Waals surface area contributed by atoms with Crippen LogP contribution in [0.4, 0.5) is 23.2 Å². The van der Waals surface area contributed by atoms with Crippen LogP contribution in [0.3, 0.4) is 0 Å². The highest BCUT2D eigenvalue weighted by Gasteiger charge is 2.32. The molecule has 8 heteroatoms. The van der Waals surface area contributed by atoms with Gasteiger partial charge < -0.3 is 10.5 Å². The topological polar surface area (TPSA) is 71.9 Å². The molecule has 0 fully saturated rings. The molecule has 0 unspecified atom stereocenters. The van der Waals surface area contributed by atoms with E-state index >= 15 is 0 Å². The summed E-state index contributed by atoms with van der Waals surface area (Å²) in [5.74, 6) is -2.15. The number of nitriles is 1. The Kier molecular flexibility index (Phi) is 2.65. The van der Waals surface area contributed by atoms with Crippen molar-refractivity contribution < 1.29 is 22.3 Å². The lowest BCUT2D eigenvalue weighted by atomic mass is 10.3. The first kappa shape index (κ1) is 11.0. The summed E-state index contributed by atoms with van der Waals surface area (Å²) in [6.45, 7) is 0. The molecule has 1 rings (SSSR count). The Balaban J connectivity index is 3.13. The van der Waals surface area contributed by atoms with Crippen molar-refractivity contribution in [2.24, 2.45) is 0 Å². The van der Waals surface area contributed by atoms with Gasteiger partial charge in [-0.3, -0.25) is 0 Å². The zero-order chi connectivity index (χ0) is 11.6. The Morgan fingerprint density at radius 3 is 2.53 bits per heavy atom. The molecule has 0 saturated heterocycles. The highest BCUT2D eigenvalue weighted by Crippen LogP contribution is 2.24. The Bertz CT molecular complexity index is 423. The minimum Gasteiger partial charge on any atom is -0.396 e. The van der Waals surface area contributed by atoms with Gasteiger partial charge in [0.15, 0.2) is 11.5 Å². The van der Waals surface area contributed by atoms with E-state index in [1.807, 2.05) is 0 Å². The fourth-order valence-corrected chi connectivity index (χ4v) is 0.770. The lowest BCUT2D eigenvalue weighted by molar-refractivity contribution is -0.276. The van der Waals surface area contributed by atoms with Gasteiger partial charge in [-0.1, -0.05) is 0 Å². The van der Waals surface area contributed by atoms with Gasteiger partial charge in [0.25, 0.3) is 0 Å². The molecule has 0 spiro atoms. The number of hydrogen-bond donors (Lipinski definition) is 1. The molecule has 0 aliphatic heterocycles. The van der Waals surface area contributed by atoms with E-state index in [1.165, 1.54) is 6.07 Å². The predicted molar refractivity (Wildman–Crippen MR) is 40.0 cm³/mol. The fraction of sp³-hybridized carbons (Fsp3) is 0.143. The largest absolute Gasteiger partial charge is 0.574 e. The molecule has 0 saturated carbocycles. The molecule has 0 aliphatic rings. The Morgan fingerprint density at radius 2 is 2.07 bits per heavy atom. The van der Waals surface area contributed by atoms with Crippen molar-refractivity contribution in [1.29, 1.82) is 5.26 Å². The van der Waals surface area contributed by atoms with Crippen LogP contribution in [0.15, 0.2) is 6.07 Å². The van der Waals surface area contributed by atoms with E-state index < -0.39 is 29.4 Å². The molecule has 1 aromatic heterocycles. The van der Waals surface area contributed by atoms with Crippen LogP contribution in [0.1, 0.15) is 5.69 Å². The molecule has 0 radical (unpaired) electrons. The summed E-state index contributed by atoms with van der Waals surface area (Å²) < 4.78 is 51.4. The lowest BCUT2D eigenvalue weighted by Gasteiger charge is -2.08. The number of nitrogens with two attached hydrogens (primary N) is 1. The van der Waals surface area contributed by atoms with E-state index in [2.05, 4.69) is 9.72 Å². The summed E-state index contributed by atoms with van der Waals surface area (Å²) in [6.07, 6.45) is -4.97. The van der Waals surface area contributed by atoms with Crippen molar-refractivity contribution in [2.75, 3.05) is 5.73 Å². The third-order valence-electron chi connectivity index (χ3n) is 1.29. The molecule has 0 aliphatic carbocycles. The lowest BCUT2D eigenvalue weighted by Crippen LogP contribution is -2.18. The molecule has 0 bridgehead atoms. The maximum absolute atomic E-state index is 12.9. The molecule has 80 valence electrons. The highest BCUT2D eigenvalue weighted by molar-refractivity contribution is 5.47. The summed E-state index contributed by atoms with van der Waals surface area (Å²) in [5.41, 5.74) is 3.51. The number of aromatic nitrogens is 1. The second kappa shape index (κ2) is 3.61. The molecular weight excluding hydrogens is 218 g/mol. The first-order valence-corrected chi connectivity index (χ1v) is 3.45. The van der Waals surface area contributed by atoms with E-state index in [0.717, 1.165) is 0 Å². The number of alkyl halides is 3. The molecule has 4 nitrogen and oxygen atoms in total. The van der Waals surface area contributed by atoms with Crippen LogP contribution in [0, 0.1) is 17.1 Å². The molecular formula is C7H3F4N3O. The quantitative estimate of drug-likeness (QED) is 0.730. The van der Waals surface area contributed by atoms with Crippen molar-refractivity contribution in [2.45, 2.75) is 6.36 Å². The highest BCUT2D eigenvalue weighted by atomic mass is 19.4. The van der Waals surface area contributed by atoms with E-state index in [9.17, 15) is 17.6 Å². The minimum atomic E-state index is -4.97. The van der Waals surface area contributed by atoms with Crippen molar-refractivity contribution in [3.8, 4) is 11.9 Å². The Morgan fingerprint density at radius 1 is 1.47 bits per heavy atom. The average Bonchev–Trinajstić information content (AvgIpc) is 2.08. The van der Waals surface area contributed by atoms with Gasteiger partial charge in [0.05, 0.1) is 5.69 Å². The second-order valence-electron chi connectivity index (χ2n) is 2.37. The summed E-state index contributed by atoms with van der Waals surface area (Å²) in [5, 5.41) is 8.32. The number of rotatable bonds is 1. The average molecular weight is 221 g/mol. The van der Waals surface area contributed by atoms with Crippen LogP contribution in [-0.4, -0.2) is 11.3 Å². The maximum atomic E-state index is 12.9. The van der Waals surface area contributed by atoms with Crippen LogP contribution in [0.25, 0.3) is 0 Å². The fourth-order valence-electron chi connectivity index (χ4n) is 0.770. The predicted octanol–water partition coefficient (Wildman–Crippen LogP) is 1.57.